The molecule has 1 aromatic carbocycles. The van der Waals surface area contributed by atoms with E-state index in [2.05, 4.69) is 10.1 Å². The molecule has 3 rings (SSSR count). The highest BCUT2D eigenvalue weighted by molar-refractivity contribution is 6.00. The van der Waals surface area contributed by atoms with Crippen molar-refractivity contribution in [2.75, 3.05) is 7.11 Å². The molecular formula is C16H18N2O3. The Labute approximate surface area is 123 Å². The van der Waals surface area contributed by atoms with Crippen LogP contribution in [0.3, 0.4) is 0 Å². The third-order valence-electron chi connectivity index (χ3n) is 3.84. The lowest BCUT2D eigenvalue weighted by Crippen LogP contribution is -2.11. The number of Topliss-reactive ketones (excluding diaryl/α,β-unsaturated/α-hetero) is 1. The van der Waals surface area contributed by atoms with Crippen molar-refractivity contribution >= 4 is 5.78 Å². The van der Waals surface area contributed by atoms with Crippen LogP contribution in [0.2, 0.25) is 0 Å². The van der Waals surface area contributed by atoms with Crippen LogP contribution < -0.4 is 0 Å². The zero-order valence-corrected chi connectivity index (χ0v) is 12.2. The number of carbonyl (C=O) groups excluding carboxylic acids is 1. The molecule has 2 atom stereocenters. The summed E-state index contributed by atoms with van der Waals surface area (Å²) in [5, 5.41) is 3.98. The molecule has 1 saturated carbocycles. The van der Waals surface area contributed by atoms with E-state index in [0.717, 1.165) is 12.8 Å². The number of ketones is 1. The second-order valence-corrected chi connectivity index (χ2v) is 5.44. The van der Waals surface area contributed by atoms with Gasteiger partial charge in [-0.1, -0.05) is 35.5 Å². The monoisotopic (exact) mass is 286 g/mol. The normalized spacial score (nSPS) is 17.4. The second-order valence-electron chi connectivity index (χ2n) is 5.44. The summed E-state index contributed by atoms with van der Waals surface area (Å²) in [6.07, 6.45) is 2.13. The minimum Gasteiger partial charge on any atom is -0.373 e. The first kappa shape index (κ1) is 13.9. The standard InChI is InChI=1S/C16H18N2O3/c1-10(13(19)11-6-4-3-5-7-11)16-17-15(18-21-16)14(20-2)12-8-9-12/h3-7,10,12,14H,8-9H2,1-2H3. The molecule has 0 amide bonds. The molecule has 0 bridgehead atoms. The highest BCUT2D eigenvalue weighted by Gasteiger charge is 2.36. The summed E-state index contributed by atoms with van der Waals surface area (Å²) in [5.41, 5.74) is 0.648. The molecule has 1 aliphatic carbocycles. The average molecular weight is 286 g/mol. The van der Waals surface area contributed by atoms with Gasteiger partial charge in [0, 0.05) is 12.7 Å². The Morgan fingerprint density at radius 3 is 2.67 bits per heavy atom. The highest BCUT2D eigenvalue weighted by Crippen LogP contribution is 2.42. The highest BCUT2D eigenvalue weighted by atomic mass is 16.5. The molecule has 0 saturated heterocycles. The molecule has 1 aromatic heterocycles. The van der Waals surface area contributed by atoms with E-state index in [1.54, 1.807) is 26.2 Å². The van der Waals surface area contributed by atoms with Gasteiger partial charge in [0.15, 0.2) is 5.78 Å². The number of nitrogens with zero attached hydrogens (tertiary/aromatic N) is 2. The van der Waals surface area contributed by atoms with Gasteiger partial charge in [0.1, 0.15) is 6.10 Å². The van der Waals surface area contributed by atoms with Crippen LogP contribution in [0, 0.1) is 5.92 Å². The summed E-state index contributed by atoms with van der Waals surface area (Å²) in [7, 11) is 1.65. The number of aromatic nitrogens is 2. The van der Waals surface area contributed by atoms with Crippen molar-refractivity contribution in [3.63, 3.8) is 0 Å². The largest absolute Gasteiger partial charge is 0.373 e. The van der Waals surface area contributed by atoms with E-state index < -0.39 is 5.92 Å². The van der Waals surface area contributed by atoms with E-state index >= 15 is 0 Å². The van der Waals surface area contributed by atoms with Gasteiger partial charge in [0.25, 0.3) is 0 Å². The minimum atomic E-state index is -0.453. The lowest BCUT2D eigenvalue weighted by atomic mass is 9.99. The molecule has 5 heteroatoms. The molecule has 2 aromatic rings. The molecule has 2 unspecified atom stereocenters. The maximum atomic E-state index is 12.4. The summed E-state index contributed by atoms with van der Waals surface area (Å²) in [6, 6.07) is 9.14. The number of hydrogen-bond donors (Lipinski definition) is 0. The lowest BCUT2D eigenvalue weighted by molar-refractivity contribution is 0.0751. The van der Waals surface area contributed by atoms with Gasteiger partial charge in [-0.15, -0.1) is 0 Å². The number of ether oxygens (including phenoxy) is 1. The third-order valence-corrected chi connectivity index (χ3v) is 3.84. The van der Waals surface area contributed by atoms with Crippen LogP contribution in [-0.2, 0) is 4.74 Å². The molecule has 1 aliphatic rings. The van der Waals surface area contributed by atoms with E-state index in [4.69, 9.17) is 9.26 Å². The van der Waals surface area contributed by atoms with Crippen molar-refractivity contribution < 1.29 is 14.1 Å². The molecule has 0 radical (unpaired) electrons. The lowest BCUT2D eigenvalue weighted by Gasteiger charge is -2.08. The Morgan fingerprint density at radius 1 is 1.33 bits per heavy atom. The number of hydrogen-bond acceptors (Lipinski definition) is 5. The van der Waals surface area contributed by atoms with Gasteiger partial charge in [-0.2, -0.15) is 4.98 Å². The van der Waals surface area contributed by atoms with Gasteiger partial charge in [-0.25, -0.2) is 0 Å². The van der Waals surface area contributed by atoms with Gasteiger partial charge >= 0.3 is 0 Å². The molecular weight excluding hydrogens is 268 g/mol. The number of benzene rings is 1. The fraction of sp³-hybridized carbons (Fsp3) is 0.438. The summed E-state index contributed by atoms with van der Waals surface area (Å²) in [5.74, 6) is 0.890. The predicted molar refractivity (Wildman–Crippen MR) is 76.0 cm³/mol. The number of rotatable bonds is 6. The average Bonchev–Trinajstić information content (AvgIpc) is 3.24. The fourth-order valence-corrected chi connectivity index (χ4v) is 2.41. The van der Waals surface area contributed by atoms with Crippen molar-refractivity contribution in [1.82, 2.24) is 10.1 Å². The molecule has 21 heavy (non-hydrogen) atoms. The molecule has 0 N–H and O–H groups in total. The Hall–Kier alpha value is -2.01. The van der Waals surface area contributed by atoms with Gasteiger partial charge in [-0.05, 0) is 25.7 Å². The number of methoxy groups -OCH3 is 1. The minimum absolute atomic E-state index is 0.0220. The maximum absolute atomic E-state index is 12.4. The van der Waals surface area contributed by atoms with Crippen LogP contribution in [0.1, 0.15) is 53.9 Å². The molecule has 110 valence electrons. The van der Waals surface area contributed by atoms with E-state index in [0.29, 0.717) is 23.2 Å². The Kier molecular flexibility index (Phi) is 3.84. The molecule has 0 aliphatic heterocycles. The Bertz CT molecular complexity index is 619. The van der Waals surface area contributed by atoms with Gasteiger partial charge in [0.05, 0.1) is 5.92 Å². The van der Waals surface area contributed by atoms with Gasteiger partial charge < -0.3 is 9.26 Å². The Morgan fingerprint density at radius 2 is 2.05 bits per heavy atom. The van der Waals surface area contributed by atoms with Crippen LogP contribution in [-0.4, -0.2) is 23.0 Å². The van der Waals surface area contributed by atoms with Crippen molar-refractivity contribution in [1.29, 1.82) is 0 Å². The molecule has 1 fully saturated rings. The molecule has 1 heterocycles. The Balaban J connectivity index is 1.77. The van der Waals surface area contributed by atoms with Gasteiger partial charge in [0.2, 0.25) is 11.7 Å². The van der Waals surface area contributed by atoms with Crippen molar-refractivity contribution in [2.45, 2.75) is 31.8 Å². The fourth-order valence-electron chi connectivity index (χ4n) is 2.41. The van der Waals surface area contributed by atoms with Crippen molar-refractivity contribution in [3.05, 3.63) is 47.6 Å². The van der Waals surface area contributed by atoms with Crippen molar-refractivity contribution in [2.24, 2.45) is 5.92 Å². The zero-order valence-electron chi connectivity index (χ0n) is 12.2. The first-order valence-electron chi connectivity index (χ1n) is 7.16. The van der Waals surface area contributed by atoms with E-state index in [9.17, 15) is 4.79 Å². The number of carbonyl (C=O) groups is 1. The maximum Gasteiger partial charge on any atom is 0.237 e. The molecule has 0 spiro atoms. The summed E-state index contributed by atoms with van der Waals surface area (Å²) in [4.78, 5) is 16.7. The predicted octanol–water partition coefficient (Wildman–Crippen LogP) is 3.15. The van der Waals surface area contributed by atoms with Crippen LogP contribution in [0.15, 0.2) is 34.9 Å². The summed E-state index contributed by atoms with van der Waals surface area (Å²) >= 11 is 0. The van der Waals surface area contributed by atoms with Crippen LogP contribution in [0.4, 0.5) is 0 Å². The van der Waals surface area contributed by atoms with Crippen LogP contribution in [0.5, 0.6) is 0 Å². The smallest absolute Gasteiger partial charge is 0.237 e. The van der Waals surface area contributed by atoms with Crippen LogP contribution in [0.25, 0.3) is 0 Å². The first-order chi connectivity index (χ1) is 10.2. The second kappa shape index (κ2) is 5.77. The third kappa shape index (κ3) is 2.88. The first-order valence-corrected chi connectivity index (χ1v) is 7.16. The van der Waals surface area contributed by atoms with E-state index in [1.165, 1.54) is 0 Å². The van der Waals surface area contributed by atoms with Crippen LogP contribution >= 0.6 is 0 Å². The van der Waals surface area contributed by atoms with Gasteiger partial charge in [-0.3, -0.25) is 4.79 Å². The summed E-state index contributed by atoms with van der Waals surface area (Å²) < 4.78 is 10.7. The SMILES string of the molecule is COC(c1noc(C(C)C(=O)c2ccccc2)n1)C1CC1. The van der Waals surface area contributed by atoms with E-state index in [-0.39, 0.29) is 11.9 Å². The topological polar surface area (TPSA) is 65.2 Å². The molecule has 5 nitrogen and oxygen atoms in total. The summed E-state index contributed by atoms with van der Waals surface area (Å²) in [6.45, 7) is 1.78. The quantitative estimate of drug-likeness (QED) is 0.763. The zero-order chi connectivity index (χ0) is 14.8. The van der Waals surface area contributed by atoms with Crippen molar-refractivity contribution in [3.8, 4) is 0 Å². The van der Waals surface area contributed by atoms with E-state index in [1.807, 2.05) is 18.2 Å².